The van der Waals surface area contributed by atoms with Crippen LogP contribution in [0, 0.1) is 0 Å². The largest absolute Gasteiger partial charge is 0.388 e. The number of carbonyl (C=O) groups excluding carboxylic acids is 1. The lowest BCUT2D eigenvalue weighted by atomic mass is 9.97. The Labute approximate surface area is 110 Å². The van der Waals surface area contributed by atoms with Crippen molar-refractivity contribution in [1.29, 1.82) is 0 Å². The average Bonchev–Trinajstić information content (AvgIpc) is 2.35. The third-order valence-corrected chi connectivity index (χ3v) is 3.47. The van der Waals surface area contributed by atoms with Crippen LogP contribution < -0.4 is 5.32 Å². The normalized spacial score (nSPS) is 11.3. The van der Waals surface area contributed by atoms with Crippen LogP contribution >= 0.6 is 15.9 Å². The van der Waals surface area contributed by atoms with Crippen LogP contribution in [0.3, 0.4) is 0 Å². The minimum absolute atomic E-state index is 0.161. The maximum absolute atomic E-state index is 11.8. The summed E-state index contributed by atoms with van der Waals surface area (Å²) in [6, 6.07) is 7.18. The number of carbonyl (C=O) groups is 1. The van der Waals surface area contributed by atoms with E-state index in [-0.39, 0.29) is 12.5 Å². The van der Waals surface area contributed by atoms with Gasteiger partial charge in [0.1, 0.15) is 0 Å². The number of benzene rings is 1. The minimum atomic E-state index is -0.804. The van der Waals surface area contributed by atoms with E-state index in [9.17, 15) is 9.90 Å². The van der Waals surface area contributed by atoms with E-state index in [0.29, 0.717) is 18.4 Å². The Balaban J connectivity index is 2.62. The second-order valence-corrected chi connectivity index (χ2v) is 5.04. The second kappa shape index (κ2) is 6.17. The van der Waals surface area contributed by atoms with Crippen molar-refractivity contribution in [3.8, 4) is 0 Å². The molecule has 0 aliphatic heterocycles. The SMILES string of the molecule is CCC(O)(CC)CNC(=O)c1cccc(Br)c1. The highest BCUT2D eigenvalue weighted by Gasteiger charge is 2.22. The molecule has 0 radical (unpaired) electrons. The van der Waals surface area contributed by atoms with E-state index < -0.39 is 5.60 Å². The van der Waals surface area contributed by atoms with Crippen molar-refractivity contribution < 1.29 is 9.90 Å². The monoisotopic (exact) mass is 299 g/mol. The lowest BCUT2D eigenvalue weighted by Crippen LogP contribution is -2.42. The third kappa shape index (κ3) is 4.13. The summed E-state index contributed by atoms with van der Waals surface area (Å²) in [7, 11) is 0. The molecule has 4 heteroatoms. The van der Waals surface area contributed by atoms with Crippen molar-refractivity contribution in [2.45, 2.75) is 32.3 Å². The highest BCUT2D eigenvalue weighted by molar-refractivity contribution is 9.10. The summed E-state index contributed by atoms with van der Waals surface area (Å²) < 4.78 is 0.867. The zero-order valence-electron chi connectivity index (χ0n) is 10.2. The van der Waals surface area contributed by atoms with Gasteiger partial charge in [0.25, 0.3) is 5.91 Å². The maximum atomic E-state index is 11.8. The van der Waals surface area contributed by atoms with Crippen molar-refractivity contribution in [3.63, 3.8) is 0 Å². The maximum Gasteiger partial charge on any atom is 0.251 e. The van der Waals surface area contributed by atoms with E-state index in [1.54, 1.807) is 12.1 Å². The molecule has 2 N–H and O–H groups in total. The van der Waals surface area contributed by atoms with Crippen molar-refractivity contribution in [1.82, 2.24) is 5.32 Å². The van der Waals surface area contributed by atoms with Crippen LogP contribution in [0.15, 0.2) is 28.7 Å². The van der Waals surface area contributed by atoms with Crippen LogP contribution in [0.1, 0.15) is 37.0 Å². The number of rotatable bonds is 5. The van der Waals surface area contributed by atoms with Gasteiger partial charge in [0.05, 0.1) is 5.60 Å². The van der Waals surface area contributed by atoms with Gasteiger partial charge < -0.3 is 10.4 Å². The van der Waals surface area contributed by atoms with E-state index in [4.69, 9.17) is 0 Å². The molecule has 0 fully saturated rings. The molecule has 0 saturated carbocycles. The molecule has 1 amide bonds. The molecule has 0 unspecified atom stereocenters. The average molecular weight is 300 g/mol. The zero-order chi connectivity index (χ0) is 12.9. The fourth-order valence-electron chi connectivity index (χ4n) is 1.48. The standard InChI is InChI=1S/C13H18BrNO2/c1-3-13(17,4-2)9-15-12(16)10-6-5-7-11(14)8-10/h5-8,17H,3-4,9H2,1-2H3,(H,15,16). The van der Waals surface area contributed by atoms with Crippen LogP contribution in [0.4, 0.5) is 0 Å². The predicted molar refractivity (Wildman–Crippen MR) is 72.0 cm³/mol. The highest BCUT2D eigenvalue weighted by Crippen LogP contribution is 2.14. The second-order valence-electron chi connectivity index (χ2n) is 4.12. The van der Waals surface area contributed by atoms with Crippen LogP contribution in [0.2, 0.25) is 0 Å². The molecule has 1 rings (SSSR count). The fraction of sp³-hybridized carbons (Fsp3) is 0.462. The molecular weight excluding hydrogens is 282 g/mol. The van der Waals surface area contributed by atoms with Gasteiger partial charge in [-0.25, -0.2) is 0 Å². The van der Waals surface area contributed by atoms with E-state index in [2.05, 4.69) is 21.2 Å². The molecule has 0 bridgehead atoms. The molecule has 0 aliphatic carbocycles. The summed E-state index contributed by atoms with van der Waals surface area (Å²) in [6.07, 6.45) is 1.25. The Bertz CT molecular complexity index is 389. The minimum Gasteiger partial charge on any atom is -0.388 e. The molecule has 1 aromatic carbocycles. The Morgan fingerprint density at radius 3 is 2.59 bits per heavy atom. The Morgan fingerprint density at radius 1 is 1.41 bits per heavy atom. The van der Waals surface area contributed by atoms with E-state index in [1.807, 2.05) is 26.0 Å². The lowest BCUT2D eigenvalue weighted by molar-refractivity contribution is 0.0314. The van der Waals surface area contributed by atoms with Gasteiger partial charge in [-0.1, -0.05) is 35.8 Å². The molecule has 1 aromatic rings. The molecule has 0 atom stereocenters. The smallest absolute Gasteiger partial charge is 0.251 e. The first-order chi connectivity index (χ1) is 8.00. The summed E-state index contributed by atoms with van der Waals surface area (Å²) in [4.78, 5) is 11.8. The first kappa shape index (κ1) is 14.2. The van der Waals surface area contributed by atoms with Crippen molar-refractivity contribution in [2.75, 3.05) is 6.54 Å². The van der Waals surface area contributed by atoms with Gasteiger partial charge >= 0.3 is 0 Å². The number of amides is 1. The number of halogens is 1. The Morgan fingerprint density at radius 2 is 2.06 bits per heavy atom. The Hall–Kier alpha value is -0.870. The van der Waals surface area contributed by atoms with Crippen LogP contribution in [0.5, 0.6) is 0 Å². The van der Waals surface area contributed by atoms with Gasteiger partial charge in [0.2, 0.25) is 0 Å². The molecule has 0 aromatic heterocycles. The molecule has 0 spiro atoms. The quantitative estimate of drug-likeness (QED) is 0.878. The van der Waals surface area contributed by atoms with Crippen molar-refractivity contribution >= 4 is 21.8 Å². The summed E-state index contributed by atoms with van der Waals surface area (Å²) in [6.45, 7) is 4.11. The fourth-order valence-corrected chi connectivity index (χ4v) is 1.88. The van der Waals surface area contributed by atoms with Gasteiger partial charge in [-0.3, -0.25) is 4.79 Å². The molecule has 17 heavy (non-hydrogen) atoms. The van der Waals surface area contributed by atoms with E-state index in [1.165, 1.54) is 0 Å². The molecule has 0 saturated heterocycles. The molecule has 0 heterocycles. The topological polar surface area (TPSA) is 49.3 Å². The summed E-state index contributed by atoms with van der Waals surface area (Å²) in [5.41, 5.74) is -0.212. The van der Waals surface area contributed by atoms with Gasteiger partial charge in [0.15, 0.2) is 0 Å². The van der Waals surface area contributed by atoms with Crippen molar-refractivity contribution in [2.24, 2.45) is 0 Å². The lowest BCUT2D eigenvalue weighted by Gasteiger charge is -2.25. The molecule has 94 valence electrons. The number of nitrogens with one attached hydrogen (secondary N) is 1. The van der Waals surface area contributed by atoms with Crippen LogP contribution in [-0.4, -0.2) is 23.2 Å². The Kier molecular flexibility index (Phi) is 5.15. The van der Waals surface area contributed by atoms with Crippen LogP contribution in [-0.2, 0) is 0 Å². The predicted octanol–water partition coefficient (Wildman–Crippen LogP) is 2.73. The molecule has 3 nitrogen and oxygen atoms in total. The number of hydrogen-bond donors (Lipinski definition) is 2. The van der Waals surface area contributed by atoms with Gasteiger partial charge in [0, 0.05) is 16.6 Å². The van der Waals surface area contributed by atoms with E-state index in [0.717, 1.165) is 4.47 Å². The first-order valence-electron chi connectivity index (χ1n) is 5.77. The van der Waals surface area contributed by atoms with Gasteiger partial charge in [-0.05, 0) is 31.0 Å². The van der Waals surface area contributed by atoms with Gasteiger partial charge in [-0.2, -0.15) is 0 Å². The zero-order valence-corrected chi connectivity index (χ0v) is 11.8. The molecular formula is C13H18BrNO2. The van der Waals surface area contributed by atoms with Crippen LogP contribution in [0.25, 0.3) is 0 Å². The summed E-state index contributed by atoms with van der Waals surface area (Å²) in [5, 5.41) is 12.8. The third-order valence-electron chi connectivity index (χ3n) is 2.98. The number of aliphatic hydroxyl groups is 1. The summed E-state index contributed by atoms with van der Waals surface area (Å²) >= 11 is 3.32. The number of hydrogen-bond acceptors (Lipinski definition) is 2. The van der Waals surface area contributed by atoms with E-state index >= 15 is 0 Å². The molecule has 0 aliphatic rings. The van der Waals surface area contributed by atoms with Gasteiger partial charge in [-0.15, -0.1) is 0 Å². The highest BCUT2D eigenvalue weighted by atomic mass is 79.9. The summed E-state index contributed by atoms with van der Waals surface area (Å²) in [5.74, 6) is -0.161. The van der Waals surface area contributed by atoms with Crippen molar-refractivity contribution in [3.05, 3.63) is 34.3 Å². The first-order valence-corrected chi connectivity index (χ1v) is 6.56.